The normalized spacial score (nSPS) is 17.5. The van der Waals surface area contributed by atoms with Crippen molar-refractivity contribution in [2.24, 2.45) is 0 Å². The van der Waals surface area contributed by atoms with Crippen molar-refractivity contribution in [3.63, 3.8) is 0 Å². The lowest BCUT2D eigenvalue weighted by atomic mass is 10.1. The molecule has 1 aliphatic heterocycles. The molecule has 0 unspecified atom stereocenters. The summed E-state index contributed by atoms with van der Waals surface area (Å²) in [4.78, 5) is 24.6. The topological polar surface area (TPSA) is 89.5 Å². The number of nitro benzene ring substituents is 1. The quantitative estimate of drug-likeness (QED) is 0.488. The first kappa shape index (κ1) is 15.9. The number of likely N-dealkylation sites (tertiary alicyclic amines) is 1. The van der Waals surface area contributed by atoms with Crippen LogP contribution in [0.15, 0.2) is 40.9 Å². The highest BCUT2D eigenvalue weighted by Crippen LogP contribution is 2.31. The summed E-state index contributed by atoms with van der Waals surface area (Å²) in [6.07, 6.45) is 4.80. The minimum atomic E-state index is -0.456. The van der Waals surface area contributed by atoms with E-state index >= 15 is 0 Å². The minimum absolute atomic E-state index is 0.00159. The molecule has 1 aliphatic rings. The standard InChI is InChI=1S/C17H17N3O4/c1-12-10-15(18-24-12)16-6-3-9-19(16)17(21)8-7-13-4-2-5-14(11-13)20(22)23/h2,4-5,7-8,10-11,16H,3,6,9H2,1H3/b8-7+/t16-/m1/s1. The summed E-state index contributed by atoms with van der Waals surface area (Å²) in [6.45, 7) is 2.48. The number of aromatic nitrogens is 1. The molecule has 1 atom stereocenters. The minimum Gasteiger partial charge on any atom is -0.361 e. The summed E-state index contributed by atoms with van der Waals surface area (Å²) < 4.78 is 5.10. The molecule has 1 saturated heterocycles. The van der Waals surface area contributed by atoms with Crippen LogP contribution in [0.2, 0.25) is 0 Å². The van der Waals surface area contributed by atoms with E-state index in [2.05, 4.69) is 5.16 Å². The van der Waals surface area contributed by atoms with E-state index in [0.717, 1.165) is 24.3 Å². The van der Waals surface area contributed by atoms with E-state index in [1.165, 1.54) is 18.2 Å². The number of hydrogen-bond acceptors (Lipinski definition) is 5. The van der Waals surface area contributed by atoms with Gasteiger partial charge in [-0.25, -0.2) is 0 Å². The molecule has 0 saturated carbocycles. The van der Waals surface area contributed by atoms with Crippen LogP contribution in [-0.2, 0) is 4.79 Å². The average molecular weight is 327 g/mol. The SMILES string of the molecule is Cc1cc([C@H]2CCCN2C(=O)/C=C/c2cccc([N+](=O)[O-])c2)no1. The molecule has 1 fully saturated rings. The number of carbonyl (C=O) groups excluding carboxylic acids is 1. The van der Waals surface area contributed by atoms with Crippen molar-refractivity contribution in [1.29, 1.82) is 0 Å². The van der Waals surface area contributed by atoms with Crippen molar-refractivity contribution >= 4 is 17.7 Å². The van der Waals surface area contributed by atoms with Gasteiger partial charge in [0.25, 0.3) is 5.69 Å². The zero-order valence-electron chi connectivity index (χ0n) is 13.2. The maximum Gasteiger partial charge on any atom is 0.270 e. The fourth-order valence-corrected chi connectivity index (χ4v) is 2.89. The molecular formula is C17H17N3O4. The fraction of sp³-hybridized carbons (Fsp3) is 0.294. The maximum absolute atomic E-state index is 12.5. The summed E-state index contributed by atoms with van der Waals surface area (Å²) in [5, 5.41) is 14.8. The molecule has 7 nitrogen and oxygen atoms in total. The number of rotatable bonds is 4. The monoisotopic (exact) mass is 327 g/mol. The Hall–Kier alpha value is -2.96. The van der Waals surface area contributed by atoms with Crippen LogP contribution in [0.25, 0.3) is 6.08 Å². The number of nitrogens with zero attached hydrogens (tertiary/aromatic N) is 3. The van der Waals surface area contributed by atoms with Crippen molar-refractivity contribution in [3.05, 3.63) is 63.5 Å². The number of benzene rings is 1. The number of amides is 1. The van der Waals surface area contributed by atoms with Crippen LogP contribution in [0.4, 0.5) is 5.69 Å². The van der Waals surface area contributed by atoms with Crippen molar-refractivity contribution in [1.82, 2.24) is 10.1 Å². The van der Waals surface area contributed by atoms with Crippen LogP contribution >= 0.6 is 0 Å². The van der Waals surface area contributed by atoms with Gasteiger partial charge in [0.05, 0.1) is 11.0 Å². The smallest absolute Gasteiger partial charge is 0.270 e. The van der Waals surface area contributed by atoms with Gasteiger partial charge in [-0.1, -0.05) is 17.3 Å². The van der Waals surface area contributed by atoms with Crippen LogP contribution in [-0.4, -0.2) is 27.4 Å². The fourth-order valence-electron chi connectivity index (χ4n) is 2.89. The van der Waals surface area contributed by atoms with Gasteiger partial charge in [0, 0.05) is 30.8 Å². The van der Waals surface area contributed by atoms with E-state index in [1.54, 1.807) is 23.1 Å². The summed E-state index contributed by atoms with van der Waals surface area (Å²) in [7, 11) is 0. The Morgan fingerprint density at radius 1 is 1.46 bits per heavy atom. The first-order chi connectivity index (χ1) is 11.5. The summed E-state index contributed by atoms with van der Waals surface area (Å²) in [6, 6.07) is 7.94. The molecule has 1 amide bonds. The molecule has 2 aromatic rings. The average Bonchev–Trinajstić information content (AvgIpc) is 3.21. The lowest BCUT2D eigenvalue weighted by Crippen LogP contribution is -2.29. The van der Waals surface area contributed by atoms with Gasteiger partial charge in [-0.15, -0.1) is 0 Å². The highest BCUT2D eigenvalue weighted by Gasteiger charge is 2.30. The third-order valence-electron chi connectivity index (χ3n) is 4.02. The van der Waals surface area contributed by atoms with Gasteiger partial charge in [-0.2, -0.15) is 0 Å². The Balaban J connectivity index is 1.74. The highest BCUT2D eigenvalue weighted by molar-refractivity contribution is 5.92. The molecule has 1 aromatic heterocycles. The van der Waals surface area contributed by atoms with Crippen LogP contribution in [0.3, 0.4) is 0 Å². The molecule has 0 aliphatic carbocycles. The largest absolute Gasteiger partial charge is 0.361 e. The number of carbonyl (C=O) groups is 1. The van der Waals surface area contributed by atoms with Crippen molar-refractivity contribution in [2.45, 2.75) is 25.8 Å². The Labute approximate surface area is 138 Å². The molecule has 3 rings (SSSR count). The molecule has 2 heterocycles. The van der Waals surface area contributed by atoms with Crippen LogP contribution in [0.5, 0.6) is 0 Å². The number of non-ortho nitro benzene ring substituents is 1. The Morgan fingerprint density at radius 3 is 3.00 bits per heavy atom. The van der Waals surface area contributed by atoms with Gasteiger partial charge in [-0.05, 0) is 31.4 Å². The van der Waals surface area contributed by atoms with Gasteiger partial charge in [-0.3, -0.25) is 14.9 Å². The Morgan fingerprint density at radius 2 is 2.29 bits per heavy atom. The molecular weight excluding hydrogens is 310 g/mol. The van der Waals surface area contributed by atoms with Crippen molar-refractivity contribution in [3.8, 4) is 0 Å². The highest BCUT2D eigenvalue weighted by atomic mass is 16.6. The van der Waals surface area contributed by atoms with Gasteiger partial charge in [0.1, 0.15) is 11.5 Å². The van der Waals surface area contributed by atoms with E-state index < -0.39 is 4.92 Å². The zero-order valence-corrected chi connectivity index (χ0v) is 13.2. The molecule has 24 heavy (non-hydrogen) atoms. The second-order valence-corrected chi connectivity index (χ2v) is 5.74. The van der Waals surface area contributed by atoms with E-state index in [9.17, 15) is 14.9 Å². The van der Waals surface area contributed by atoms with E-state index in [4.69, 9.17) is 4.52 Å². The molecule has 7 heteroatoms. The Bertz CT molecular complexity index is 797. The van der Waals surface area contributed by atoms with Crippen LogP contribution in [0, 0.1) is 17.0 Å². The number of aryl methyl sites for hydroxylation is 1. The second kappa shape index (κ2) is 6.66. The molecule has 0 bridgehead atoms. The van der Waals surface area contributed by atoms with E-state index in [0.29, 0.717) is 12.1 Å². The summed E-state index contributed by atoms with van der Waals surface area (Å²) >= 11 is 0. The van der Waals surface area contributed by atoms with Crippen molar-refractivity contribution < 1.29 is 14.2 Å². The molecule has 1 aromatic carbocycles. The predicted octanol–water partition coefficient (Wildman–Crippen LogP) is 3.27. The first-order valence-corrected chi connectivity index (χ1v) is 7.71. The lowest BCUT2D eigenvalue weighted by Gasteiger charge is -2.21. The summed E-state index contributed by atoms with van der Waals surface area (Å²) in [5.74, 6) is 0.584. The maximum atomic E-state index is 12.5. The molecule has 124 valence electrons. The lowest BCUT2D eigenvalue weighted by molar-refractivity contribution is -0.384. The van der Waals surface area contributed by atoms with Gasteiger partial charge in [0.15, 0.2) is 0 Å². The van der Waals surface area contributed by atoms with E-state index in [1.807, 2.05) is 13.0 Å². The zero-order chi connectivity index (χ0) is 17.1. The van der Waals surface area contributed by atoms with E-state index in [-0.39, 0.29) is 17.6 Å². The Kier molecular flexibility index (Phi) is 4.41. The first-order valence-electron chi connectivity index (χ1n) is 7.71. The number of nitro groups is 1. The third-order valence-corrected chi connectivity index (χ3v) is 4.02. The van der Waals surface area contributed by atoms with Gasteiger partial charge >= 0.3 is 0 Å². The van der Waals surface area contributed by atoms with Crippen molar-refractivity contribution in [2.75, 3.05) is 6.54 Å². The van der Waals surface area contributed by atoms with Crippen LogP contribution < -0.4 is 0 Å². The predicted molar refractivity (Wildman–Crippen MR) is 87.1 cm³/mol. The third kappa shape index (κ3) is 3.34. The second-order valence-electron chi connectivity index (χ2n) is 5.74. The van der Waals surface area contributed by atoms with Gasteiger partial charge < -0.3 is 9.42 Å². The van der Waals surface area contributed by atoms with Gasteiger partial charge in [0.2, 0.25) is 5.91 Å². The number of hydrogen-bond donors (Lipinski definition) is 0. The molecule has 0 N–H and O–H groups in total. The summed E-state index contributed by atoms with van der Waals surface area (Å²) in [5.41, 5.74) is 1.38. The molecule has 0 radical (unpaired) electrons. The molecule has 0 spiro atoms. The van der Waals surface area contributed by atoms with Crippen LogP contribution in [0.1, 0.15) is 35.9 Å².